The van der Waals surface area contributed by atoms with Gasteiger partial charge >= 0.3 is 0 Å². The molecule has 1 saturated heterocycles. The highest BCUT2D eigenvalue weighted by Gasteiger charge is 2.22. The van der Waals surface area contributed by atoms with E-state index in [1.807, 2.05) is 0 Å². The van der Waals surface area contributed by atoms with E-state index in [0.29, 0.717) is 29.7 Å². The molecule has 2 fully saturated rings. The van der Waals surface area contributed by atoms with Crippen LogP contribution in [0.25, 0.3) is 0 Å². The molecule has 1 aromatic rings. The van der Waals surface area contributed by atoms with E-state index in [2.05, 4.69) is 17.2 Å². The number of nitrogens with one attached hydrogen (secondary N) is 1. The van der Waals surface area contributed by atoms with E-state index in [1.54, 1.807) is 6.07 Å². The summed E-state index contributed by atoms with van der Waals surface area (Å²) in [5, 5.41) is 3.44. The summed E-state index contributed by atoms with van der Waals surface area (Å²) in [6, 6.07) is 1.88. The Balaban J connectivity index is 1.59. The van der Waals surface area contributed by atoms with Crippen molar-refractivity contribution in [3.63, 3.8) is 0 Å². The van der Waals surface area contributed by atoms with Crippen LogP contribution in [0.5, 0.6) is 5.88 Å². The number of amides is 1. The van der Waals surface area contributed by atoms with E-state index in [9.17, 15) is 4.79 Å². The summed E-state index contributed by atoms with van der Waals surface area (Å²) in [5.41, 5.74) is 0.476. The first kappa shape index (κ1) is 16.5. The van der Waals surface area contributed by atoms with Gasteiger partial charge in [0.05, 0.1) is 18.8 Å². The summed E-state index contributed by atoms with van der Waals surface area (Å²) in [4.78, 5) is 16.5. The van der Waals surface area contributed by atoms with Gasteiger partial charge in [-0.2, -0.15) is 0 Å². The van der Waals surface area contributed by atoms with Crippen LogP contribution in [0.4, 0.5) is 0 Å². The predicted molar refractivity (Wildman–Crippen MR) is 88.0 cm³/mol. The van der Waals surface area contributed by atoms with Crippen LogP contribution >= 0.6 is 11.6 Å². The second-order valence-corrected chi connectivity index (χ2v) is 6.95. The molecule has 3 rings (SSSR count). The highest BCUT2D eigenvalue weighted by Crippen LogP contribution is 2.26. The Morgan fingerprint density at radius 2 is 2.13 bits per heavy atom. The minimum absolute atomic E-state index is 0.0103. The van der Waals surface area contributed by atoms with Gasteiger partial charge in [-0.3, -0.25) is 4.79 Å². The maximum atomic E-state index is 12.3. The summed E-state index contributed by atoms with van der Waals surface area (Å²) in [6.45, 7) is 3.51. The van der Waals surface area contributed by atoms with Gasteiger partial charge < -0.3 is 14.8 Å². The van der Waals surface area contributed by atoms with Crippen LogP contribution in [0.2, 0.25) is 5.02 Å². The maximum Gasteiger partial charge on any atom is 0.253 e. The zero-order valence-electron chi connectivity index (χ0n) is 13.4. The fourth-order valence-electron chi connectivity index (χ4n) is 3.07. The molecular weight excluding hydrogens is 316 g/mol. The lowest BCUT2D eigenvalue weighted by Gasteiger charge is -2.26. The van der Waals surface area contributed by atoms with Gasteiger partial charge in [-0.1, -0.05) is 18.5 Å². The quantitative estimate of drug-likeness (QED) is 0.915. The monoisotopic (exact) mass is 338 g/mol. The molecule has 1 aliphatic heterocycles. The average Bonchev–Trinajstić information content (AvgIpc) is 3.04. The SMILES string of the molecule is CC1CCC(NC(=O)c2cnc(OC3CCOC3)c(Cl)c2)CC1. The minimum Gasteiger partial charge on any atom is -0.471 e. The lowest BCUT2D eigenvalue weighted by molar-refractivity contribution is 0.0922. The van der Waals surface area contributed by atoms with Crippen molar-refractivity contribution in [2.45, 2.75) is 51.2 Å². The van der Waals surface area contributed by atoms with Crippen LogP contribution < -0.4 is 10.1 Å². The van der Waals surface area contributed by atoms with Crippen molar-refractivity contribution in [2.24, 2.45) is 5.92 Å². The van der Waals surface area contributed by atoms with Crippen molar-refractivity contribution in [3.05, 3.63) is 22.8 Å². The van der Waals surface area contributed by atoms with E-state index in [4.69, 9.17) is 21.1 Å². The molecule has 2 heterocycles. The van der Waals surface area contributed by atoms with Crippen molar-refractivity contribution in [3.8, 4) is 5.88 Å². The Labute approximate surface area is 141 Å². The molecule has 0 aromatic carbocycles. The predicted octanol–water partition coefficient (Wildman–Crippen LogP) is 3.21. The molecule has 1 aliphatic carbocycles. The summed E-state index contributed by atoms with van der Waals surface area (Å²) >= 11 is 6.21. The highest BCUT2D eigenvalue weighted by atomic mass is 35.5. The molecule has 0 radical (unpaired) electrons. The van der Waals surface area contributed by atoms with E-state index < -0.39 is 0 Å². The lowest BCUT2D eigenvalue weighted by atomic mass is 9.87. The smallest absolute Gasteiger partial charge is 0.253 e. The van der Waals surface area contributed by atoms with Gasteiger partial charge in [0, 0.05) is 18.7 Å². The maximum absolute atomic E-state index is 12.3. The van der Waals surface area contributed by atoms with Crippen molar-refractivity contribution in [1.82, 2.24) is 10.3 Å². The Morgan fingerprint density at radius 3 is 2.78 bits per heavy atom. The van der Waals surface area contributed by atoms with Crippen LogP contribution in [-0.2, 0) is 4.74 Å². The number of halogens is 1. The number of carbonyl (C=O) groups is 1. The average molecular weight is 339 g/mol. The van der Waals surface area contributed by atoms with Crippen LogP contribution in [-0.4, -0.2) is 36.3 Å². The second-order valence-electron chi connectivity index (χ2n) is 6.54. The van der Waals surface area contributed by atoms with E-state index in [-0.39, 0.29) is 18.1 Å². The fourth-order valence-corrected chi connectivity index (χ4v) is 3.28. The van der Waals surface area contributed by atoms with Crippen LogP contribution in [0.3, 0.4) is 0 Å². The molecule has 1 aromatic heterocycles. The molecule has 2 aliphatic rings. The van der Waals surface area contributed by atoms with Crippen molar-refractivity contribution >= 4 is 17.5 Å². The second kappa shape index (κ2) is 7.49. The largest absolute Gasteiger partial charge is 0.471 e. The minimum atomic E-state index is -0.116. The summed E-state index contributed by atoms with van der Waals surface area (Å²) < 4.78 is 11.0. The number of hydrogen-bond donors (Lipinski definition) is 1. The highest BCUT2D eigenvalue weighted by molar-refractivity contribution is 6.32. The summed E-state index contributed by atoms with van der Waals surface area (Å²) in [7, 11) is 0. The normalized spacial score (nSPS) is 27.7. The number of nitrogens with zero attached hydrogens (tertiary/aromatic N) is 1. The molecule has 5 nitrogen and oxygen atoms in total. The number of pyridine rings is 1. The van der Waals surface area contributed by atoms with Gasteiger partial charge in [-0.15, -0.1) is 0 Å². The zero-order chi connectivity index (χ0) is 16.2. The van der Waals surface area contributed by atoms with Crippen molar-refractivity contribution in [1.29, 1.82) is 0 Å². The molecule has 23 heavy (non-hydrogen) atoms. The Hall–Kier alpha value is -1.33. The van der Waals surface area contributed by atoms with Gasteiger partial charge in [0.25, 0.3) is 5.91 Å². The third kappa shape index (κ3) is 4.36. The first-order valence-corrected chi connectivity index (χ1v) is 8.70. The summed E-state index contributed by atoms with van der Waals surface area (Å²) in [6.07, 6.45) is 6.76. The van der Waals surface area contributed by atoms with Crippen LogP contribution in [0.1, 0.15) is 49.4 Å². The number of aromatic nitrogens is 1. The van der Waals surface area contributed by atoms with Gasteiger partial charge in [-0.05, 0) is 37.7 Å². The molecule has 1 saturated carbocycles. The third-order valence-corrected chi connectivity index (χ3v) is 4.86. The molecule has 0 spiro atoms. The first-order valence-electron chi connectivity index (χ1n) is 8.32. The molecule has 1 unspecified atom stereocenters. The van der Waals surface area contributed by atoms with E-state index in [1.165, 1.54) is 19.0 Å². The third-order valence-electron chi connectivity index (χ3n) is 4.59. The van der Waals surface area contributed by atoms with Gasteiger partial charge in [0.2, 0.25) is 5.88 Å². The zero-order valence-corrected chi connectivity index (χ0v) is 14.1. The number of carbonyl (C=O) groups excluding carboxylic acids is 1. The van der Waals surface area contributed by atoms with E-state index in [0.717, 1.165) is 25.2 Å². The van der Waals surface area contributed by atoms with Crippen molar-refractivity contribution < 1.29 is 14.3 Å². The molecule has 1 amide bonds. The molecule has 1 atom stereocenters. The molecule has 6 heteroatoms. The van der Waals surface area contributed by atoms with Crippen LogP contribution in [0, 0.1) is 5.92 Å². The number of hydrogen-bond acceptors (Lipinski definition) is 4. The molecule has 0 bridgehead atoms. The van der Waals surface area contributed by atoms with Gasteiger partial charge in [0.1, 0.15) is 11.1 Å². The molecule has 126 valence electrons. The first-order chi connectivity index (χ1) is 11.1. The molecular formula is C17H23ClN2O3. The lowest BCUT2D eigenvalue weighted by Crippen LogP contribution is -2.37. The standard InChI is InChI=1S/C17H23ClN2O3/c1-11-2-4-13(5-3-11)20-16(21)12-8-15(18)17(19-9-12)23-14-6-7-22-10-14/h8-9,11,13-14H,2-7,10H2,1H3,(H,20,21). The number of ether oxygens (including phenoxy) is 2. The Bertz CT molecular complexity index is 553. The topological polar surface area (TPSA) is 60.5 Å². The number of rotatable bonds is 4. The van der Waals surface area contributed by atoms with Crippen molar-refractivity contribution in [2.75, 3.05) is 13.2 Å². The fraction of sp³-hybridized carbons (Fsp3) is 0.647. The van der Waals surface area contributed by atoms with Gasteiger partial charge in [0.15, 0.2) is 0 Å². The summed E-state index contributed by atoms with van der Waals surface area (Å²) in [5.74, 6) is 1.01. The van der Waals surface area contributed by atoms with E-state index >= 15 is 0 Å². The Kier molecular flexibility index (Phi) is 5.38. The van der Waals surface area contributed by atoms with Crippen LogP contribution in [0.15, 0.2) is 12.3 Å². The Morgan fingerprint density at radius 1 is 1.35 bits per heavy atom. The van der Waals surface area contributed by atoms with Gasteiger partial charge in [-0.25, -0.2) is 4.98 Å². The molecule has 1 N–H and O–H groups in total.